The number of ether oxygens (including phenoxy) is 1. The number of nitrogens with zero attached hydrogens (tertiary/aromatic N) is 2. The number of amides is 2. The van der Waals surface area contributed by atoms with Gasteiger partial charge in [0, 0.05) is 25.3 Å². The number of hydrogen-bond donors (Lipinski definition) is 8. The Labute approximate surface area is 234 Å². The Hall–Kier alpha value is -1.09. The summed E-state index contributed by atoms with van der Waals surface area (Å²) in [5, 5.41) is 37.8. The van der Waals surface area contributed by atoms with Gasteiger partial charge in [-0.3, -0.25) is 16.0 Å². The van der Waals surface area contributed by atoms with Crippen LogP contribution in [0.25, 0.3) is 0 Å². The van der Waals surface area contributed by atoms with Crippen molar-refractivity contribution < 1.29 is 19.7 Å². The highest BCUT2D eigenvalue weighted by molar-refractivity contribution is 5.74. The van der Waals surface area contributed by atoms with Gasteiger partial charge in [0.05, 0.1) is 25.0 Å². The van der Waals surface area contributed by atoms with E-state index in [-0.39, 0.29) is 36.5 Å². The highest BCUT2D eigenvalue weighted by atomic mass is 16.6. The number of rotatable bonds is 9. The number of carbonyl (C=O) groups is 1. The zero-order valence-electron chi connectivity index (χ0n) is 24.5. The molecule has 0 aromatic rings. The molecule has 1 aliphatic carbocycles. The number of hydrogen-bond acceptors (Lipinski definition) is 10. The van der Waals surface area contributed by atoms with Crippen molar-refractivity contribution in [2.24, 2.45) is 17.1 Å². The standard InChI is InChI=1S/C27H54N8O4/c1-6-17(32-26(38)33-18-9-7-16(8-10-18)27(2,3)4)11-12-34(5)13-19-21(36)22(37)25(39-19)35-15-31-20-23(28)29-14-30-24(20)35/h16-25,29-31,36-37H,6-15,28H2,1-5H3,(H2,32,33,38)/t16?,17-,18?,19-,20?,21-,22-,23?,24?,25-/m1/s1. The highest BCUT2D eigenvalue weighted by Gasteiger charge is 2.51. The van der Waals surface area contributed by atoms with Crippen LogP contribution >= 0.6 is 0 Å². The lowest BCUT2D eigenvalue weighted by Gasteiger charge is -2.38. The Morgan fingerprint density at radius 2 is 1.87 bits per heavy atom. The van der Waals surface area contributed by atoms with Gasteiger partial charge < -0.3 is 36.2 Å². The molecule has 3 heterocycles. The second-order valence-corrected chi connectivity index (χ2v) is 13.2. The van der Waals surface area contributed by atoms with Gasteiger partial charge in [-0.25, -0.2) is 9.69 Å². The van der Waals surface area contributed by atoms with Crippen molar-refractivity contribution in [3.8, 4) is 0 Å². The van der Waals surface area contributed by atoms with Crippen molar-refractivity contribution in [2.45, 2.75) is 121 Å². The van der Waals surface area contributed by atoms with Crippen LogP contribution in [0.15, 0.2) is 0 Å². The highest BCUT2D eigenvalue weighted by Crippen LogP contribution is 2.37. The van der Waals surface area contributed by atoms with Gasteiger partial charge in [0.15, 0.2) is 0 Å². The van der Waals surface area contributed by atoms with Crippen molar-refractivity contribution >= 4 is 6.03 Å². The van der Waals surface area contributed by atoms with Crippen molar-refractivity contribution in [3.63, 3.8) is 0 Å². The first-order valence-corrected chi connectivity index (χ1v) is 15.0. The average molecular weight is 555 g/mol. The van der Waals surface area contributed by atoms with Crippen molar-refractivity contribution in [1.29, 1.82) is 0 Å². The molecule has 3 saturated heterocycles. The van der Waals surface area contributed by atoms with Crippen molar-refractivity contribution in [3.05, 3.63) is 0 Å². The number of nitrogens with one attached hydrogen (secondary N) is 5. The molecule has 8 atom stereocenters. The summed E-state index contributed by atoms with van der Waals surface area (Å²) in [4.78, 5) is 16.8. The second-order valence-electron chi connectivity index (χ2n) is 13.2. The van der Waals surface area contributed by atoms with Crippen LogP contribution in [-0.2, 0) is 4.74 Å². The van der Waals surface area contributed by atoms with Crippen LogP contribution < -0.4 is 32.3 Å². The molecule has 1 saturated carbocycles. The molecule has 4 fully saturated rings. The van der Waals surface area contributed by atoms with E-state index in [1.165, 1.54) is 0 Å². The topological polar surface area (TPSA) is 159 Å². The van der Waals surface area contributed by atoms with Gasteiger partial charge in [0.1, 0.15) is 24.5 Å². The number of aliphatic hydroxyl groups excluding tert-OH is 2. The molecular weight excluding hydrogens is 500 g/mol. The minimum atomic E-state index is -1.01. The molecule has 3 aliphatic heterocycles. The molecule has 39 heavy (non-hydrogen) atoms. The molecule has 0 aromatic carbocycles. The van der Waals surface area contributed by atoms with Gasteiger partial charge in [-0.1, -0.05) is 27.7 Å². The van der Waals surface area contributed by atoms with Crippen LogP contribution in [0.3, 0.4) is 0 Å². The van der Waals surface area contributed by atoms with E-state index >= 15 is 0 Å². The molecule has 0 radical (unpaired) electrons. The van der Waals surface area contributed by atoms with E-state index in [2.05, 4.69) is 59.2 Å². The summed E-state index contributed by atoms with van der Waals surface area (Å²) in [5.74, 6) is 0.722. The first-order chi connectivity index (χ1) is 18.5. The van der Waals surface area contributed by atoms with Gasteiger partial charge in [0.2, 0.25) is 0 Å². The zero-order valence-corrected chi connectivity index (χ0v) is 24.5. The zero-order chi connectivity index (χ0) is 28.3. The van der Waals surface area contributed by atoms with E-state index in [1.54, 1.807) is 0 Å². The fourth-order valence-electron chi connectivity index (χ4n) is 6.67. The van der Waals surface area contributed by atoms with E-state index in [4.69, 9.17) is 10.5 Å². The van der Waals surface area contributed by atoms with Gasteiger partial charge in [-0.15, -0.1) is 0 Å². The first-order valence-electron chi connectivity index (χ1n) is 15.0. The lowest BCUT2D eigenvalue weighted by Crippen LogP contribution is -2.68. The summed E-state index contributed by atoms with van der Waals surface area (Å²) in [6, 6.07) is 0.227. The summed E-state index contributed by atoms with van der Waals surface area (Å²) in [7, 11) is 1.98. The molecule has 0 spiro atoms. The lowest BCUT2D eigenvalue weighted by atomic mass is 9.71. The maximum Gasteiger partial charge on any atom is 0.315 e. The number of nitrogens with two attached hydrogens (primary N) is 1. The molecule has 2 amide bonds. The maximum atomic E-state index is 12.7. The maximum absolute atomic E-state index is 12.7. The van der Waals surface area contributed by atoms with E-state index in [0.29, 0.717) is 25.3 Å². The van der Waals surface area contributed by atoms with Crippen LogP contribution in [0, 0.1) is 11.3 Å². The summed E-state index contributed by atoms with van der Waals surface area (Å²) in [5.41, 5.74) is 6.50. The quantitative estimate of drug-likeness (QED) is 0.185. The summed E-state index contributed by atoms with van der Waals surface area (Å²) >= 11 is 0. The van der Waals surface area contributed by atoms with Gasteiger partial charge in [-0.2, -0.15) is 0 Å². The van der Waals surface area contributed by atoms with Gasteiger partial charge in [0.25, 0.3) is 0 Å². The molecule has 4 aliphatic rings. The number of likely N-dealkylation sites (N-methyl/N-ethyl adjacent to an activating group) is 1. The molecule has 3 unspecified atom stereocenters. The van der Waals surface area contributed by atoms with E-state index in [9.17, 15) is 15.0 Å². The Bertz CT molecular complexity index is 792. The number of urea groups is 1. The summed E-state index contributed by atoms with van der Waals surface area (Å²) in [6.07, 6.45) is 2.65. The third-order valence-electron chi connectivity index (χ3n) is 9.37. The fraction of sp³-hybridized carbons (Fsp3) is 0.963. The van der Waals surface area contributed by atoms with Crippen LogP contribution in [0.4, 0.5) is 4.79 Å². The van der Waals surface area contributed by atoms with Gasteiger partial charge >= 0.3 is 6.03 Å². The summed E-state index contributed by atoms with van der Waals surface area (Å²) < 4.78 is 6.20. The third-order valence-corrected chi connectivity index (χ3v) is 9.37. The predicted octanol–water partition coefficient (Wildman–Crippen LogP) is -0.570. The molecule has 9 N–H and O–H groups in total. The number of aliphatic hydroxyl groups is 2. The van der Waals surface area contributed by atoms with Gasteiger partial charge in [-0.05, 0) is 63.5 Å². The fourth-order valence-corrected chi connectivity index (χ4v) is 6.67. The second kappa shape index (κ2) is 13.3. The number of fused-ring (bicyclic) bond motifs is 1. The molecule has 226 valence electrons. The van der Waals surface area contributed by atoms with Crippen LogP contribution in [0.1, 0.15) is 66.2 Å². The van der Waals surface area contributed by atoms with Crippen LogP contribution in [-0.4, -0.2) is 115 Å². The Morgan fingerprint density at radius 1 is 1.15 bits per heavy atom. The average Bonchev–Trinajstić information content (AvgIpc) is 3.43. The summed E-state index contributed by atoms with van der Waals surface area (Å²) in [6.45, 7) is 11.3. The smallest absolute Gasteiger partial charge is 0.315 e. The van der Waals surface area contributed by atoms with E-state index < -0.39 is 24.5 Å². The van der Waals surface area contributed by atoms with E-state index in [0.717, 1.165) is 51.0 Å². The normalized spacial score (nSPS) is 38.5. The predicted molar refractivity (Wildman–Crippen MR) is 150 cm³/mol. The molecule has 0 aromatic heterocycles. The first kappa shape index (κ1) is 30.9. The van der Waals surface area contributed by atoms with E-state index in [1.807, 2.05) is 11.9 Å². The molecule has 4 rings (SSSR count). The van der Waals surface area contributed by atoms with Crippen LogP contribution in [0.5, 0.6) is 0 Å². The SMILES string of the molecule is CC[C@H](CCN(C)C[C@H]1O[C@@H](N2CNC3C(N)NCNC32)[C@H](O)[C@@H]1O)NC(=O)NC1CCC(C(C)(C)C)CC1. The monoisotopic (exact) mass is 554 g/mol. The minimum Gasteiger partial charge on any atom is -0.387 e. The molecule has 0 bridgehead atoms. The molecule has 12 heteroatoms. The largest absolute Gasteiger partial charge is 0.387 e. The lowest BCUT2D eigenvalue weighted by molar-refractivity contribution is -0.106. The van der Waals surface area contributed by atoms with Crippen molar-refractivity contribution in [2.75, 3.05) is 33.5 Å². The Kier molecular flexibility index (Phi) is 10.5. The molecular formula is C27H54N8O4. The third kappa shape index (κ3) is 7.60. The molecule has 12 nitrogen and oxygen atoms in total. The van der Waals surface area contributed by atoms with Crippen molar-refractivity contribution in [1.82, 2.24) is 36.4 Å². The minimum absolute atomic E-state index is 0.0115. The number of carbonyl (C=O) groups excluding carboxylic acids is 1. The van der Waals surface area contributed by atoms with Crippen LogP contribution in [0.2, 0.25) is 0 Å². The Morgan fingerprint density at radius 3 is 2.54 bits per heavy atom. The Balaban J connectivity index is 1.18.